The van der Waals surface area contributed by atoms with E-state index in [4.69, 9.17) is 8.37 Å². The number of hydrogen-bond donors (Lipinski definition) is 4. The largest absolute Gasteiger partial charge is 1.00 e. The van der Waals surface area contributed by atoms with E-state index in [-0.39, 0.29) is 110 Å². The van der Waals surface area contributed by atoms with Gasteiger partial charge >= 0.3 is 59.1 Å². The molecule has 0 aliphatic heterocycles. The Morgan fingerprint density at radius 2 is 1.10 bits per heavy atom. The third-order valence-corrected chi connectivity index (χ3v) is 6.22. The molecule has 0 aromatic rings. The number of aliphatic hydroxyl groups is 2. The first kappa shape index (κ1) is 44.9. The first-order chi connectivity index (χ1) is 18.1. The molecule has 0 aliphatic carbocycles. The van der Waals surface area contributed by atoms with Gasteiger partial charge in [-0.2, -0.15) is 0 Å². The predicted molar refractivity (Wildman–Crippen MR) is 141 cm³/mol. The molecule has 2 amide bonds. The van der Waals surface area contributed by atoms with Gasteiger partial charge in [0.1, 0.15) is 0 Å². The molecule has 16 heteroatoms. The first-order valence-electron chi connectivity index (χ1n) is 12.8. The van der Waals surface area contributed by atoms with Crippen LogP contribution in [0.4, 0.5) is 0 Å². The Hall–Kier alpha value is 0.480. The molecule has 4 N–H and O–H groups in total. The Bertz CT molecular complexity index is 716. The Balaban J connectivity index is -0.00000684. The third kappa shape index (κ3) is 26.1. The maximum atomic E-state index is 11.9. The molecule has 0 radical (unpaired) electrons. The van der Waals surface area contributed by atoms with Crippen molar-refractivity contribution in [2.75, 3.05) is 13.1 Å². The molecule has 0 heterocycles. The van der Waals surface area contributed by atoms with E-state index in [1.54, 1.807) is 24.3 Å². The molecule has 0 fully saturated rings. The van der Waals surface area contributed by atoms with E-state index in [0.717, 1.165) is 12.8 Å². The maximum Gasteiger partial charge on any atom is 1.00 e. The summed E-state index contributed by atoms with van der Waals surface area (Å²) in [6.07, 6.45) is 6.93. The average Bonchev–Trinajstić information content (AvgIpc) is 2.86. The van der Waals surface area contributed by atoms with Crippen LogP contribution < -0.4 is 69.7 Å². The van der Waals surface area contributed by atoms with Gasteiger partial charge in [-0.15, -0.1) is 0 Å². The Morgan fingerprint density at radius 3 is 1.40 bits per heavy atom. The number of carbonyl (C=O) groups is 2. The minimum Gasteiger partial charge on any atom is -0.750 e. The predicted octanol–water partition coefficient (Wildman–Crippen LogP) is -4.64. The molecule has 0 bridgehead atoms. The molecule has 0 aliphatic rings. The molecule has 12 nitrogen and oxygen atoms in total. The molecule has 0 aromatic heterocycles. The van der Waals surface area contributed by atoms with Crippen molar-refractivity contribution >= 4 is 34.5 Å². The van der Waals surface area contributed by atoms with Crippen molar-refractivity contribution in [3.8, 4) is 0 Å². The normalized spacial score (nSPS) is 15.8. The zero-order valence-corrected chi connectivity index (χ0v) is 29.7. The Labute approximate surface area is 287 Å². The van der Waals surface area contributed by atoms with E-state index in [2.05, 4.69) is 10.6 Å². The SMILES string of the molecule is CCCCC(OS(=O)[O-])C(O)C/C=C/CC(=O)NCCNC(=O)C/C=C/CC(O)C(CCCC)OS(=O)[O-].[Na+].[Na+]. The summed E-state index contributed by atoms with van der Waals surface area (Å²) in [6.45, 7) is 4.32. The smallest absolute Gasteiger partial charge is 0.750 e. The van der Waals surface area contributed by atoms with Gasteiger partial charge in [0.15, 0.2) is 0 Å². The van der Waals surface area contributed by atoms with E-state index < -0.39 is 47.1 Å². The summed E-state index contributed by atoms with van der Waals surface area (Å²) < 4.78 is 52.5. The van der Waals surface area contributed by atoms with Crippen LogP contribution in [0, 0.1) is 0 Å². The molecule has 0 spiro atoms. The van der Waals surface area contributed by atoms with Gasteiger partial charge in [0.25, 0.3) is 0 Å². The number of unbranched alkanes of at least 4 members (excludes halogenated alkanes) is 2. The standard InChI is InChI=1S/C24H44N2O10S2.2Na/c1-3-5-13-21(35-37(31)32)19(27)11-7-9-15-23(29)25-17-18-26-24(30)16-10-8-12-20(28)22(14-6-4-2)36-38(33)34;;/h7-10,19-22,27-28H,3-6,11-18H2,1-2H3,(H,25,29)(H,26,30)(H,31,32)(H,33,34);;/q;2*+1/p-2/b9-7+,10-8+;;. The number of aliphatic hydroxyl groups excluding tert-OH is 2. The molecular formula is C24H42N2Na2O10S2. The van der Waals surface area contributed by atoms with Gasteiger partial charge in [-0.25, -0.2) is 8.42 Å². The summed E-state index contributed by atoms with van der Waals surface area (Å²) in [6, 6.07) is 0. The Morgan fingerprint density at radius 1 is 0.750 bits per heavy atom. The fourth-order valence-corrected chi connectivity index (χ4v) is 4.18. The number of nitrogens with one attached hydrogen (secondary N) is 2. The van der Waals surface area contributed by atoms with Crippen LogP contribution in [0.25, 0.3) is 0 Å². The third-order valence-electron chi connectivity index (χ3n) is 5.41. The van der Waals surface area contributed by atoms with Crippen LogP contribution in [0.2, 0.25) is 0 Å². The van der Waals surface area contributed by atoms with Crippen molar-refractivity contribution < 1.29 is 105 Å². The van der Waals surface area contributed by atoms with Crippen molar-refractivity contribution in [3.05, 3.63) is 24.3 Å². The molecule has 0 saturated carbocycles. The minimum atomic E-state index is -2.72. The van der Waals surface area contributed by atoms with Gasteiger partial charge < -0.3 is 30.0 Å². The minimum absolute atomic E-state index is 0. The average molecular weight is 629 g/mol. The molecule has 0 rings (SSSR count). The summed E-state index contributed by atoms with van der Waals surface area (Å²) in [7, 11) is 0. The molecule has 0 aromatic carbocycles. The second kappa shape index (κ2) is 29.5. The quantitative estimate of drug-likeness (QED) is 0.0370. The summed E-state index contributed by atoms with van der Waals surface area (Å²) in [4.78, 5) is 23.8. The van der Waals surface area contributed by atoms with Gasteiger partial charge in [0.2, 0.25) is 11.8 Å². The van der Waals surface area contributed by atoms with Crippen LogP contribution >= 0.6 is 0 Å². The summed E-state index contributed by atoms with van der Waals surface area (Å²) in [5, 5.41) is 25.5. The van der Waals surface area contributed by atoms with Gasteiger partial charge in [0, 0.05) is 25.9 Å². The Kier molecular flexibility index (Phi) is 33.2. The first-order valence-corrected chi connectivity index (χ1v) is 14.8. The van der Waals surface area contributed by atoms with E-state index in [1.807, 2.05) is 13.8 Å². The van der Waals surface area contributed by atoms with E-state index in [0.29, 0.717) is 25.7 Å². The van der Waals surface area contributed by atoms with Gasteiger partial charge in [-0.05, 0) is 25.7 Å². The van der Waals surface area contributed by atoms with Crippen LogP contribution in [0.3, 0.4) is 0 Å². The van der Waals surface area contributed by atoms with Crippen LogP contribution in [0.1, 0.15) is 78.1 Å². The number of amides is 2. The molecular weight excluding hydrogens is 586 g/mol. The van der Waals surface area contributed by atoms with Crippen molar-refractivity contribution in [1.29, 1.82) is 0 Å². The van der Waals surface area contributed by atoms with Gasteiger partial charge in [0.05, 0.1) is 47.1 Å². The van der Waals surface area contributed by atoms with Crippen molar-refractivity contribution in [2.24, 2.45) is 0 Å². The summed E-state index contributed by atoms with van der Waals surface area (Å²) >= 11 is -5.44. The second-order valence-corrected chi connectivity index (χ2v) is 9.82. The molecule has 6 unspecified atom stereocenters. The van der Waals surface area contributed by atoms with E-state index in [9.17, 15) is 37.3 Å². The zero-order chi connectivity index (χ0) is 28.8. The van der Waals surface area contributed by atoms with Crippen LogP contribution in [-0.4, -0.2) is 77.1 Å². The summed E-state index contributed by atoms with van der Waals surface area (Å²) in [5.74, 6) is -0.561. The number of hydrogen-bond acceptors (Lipinski definition) is 10. The van der Waals surface area contributed by atoms with Crippen molar-refractivity contribution in [2.45, 2.75) is 102 Å². The number of rotatable bonds is 23. The monoisotopic (exact) mass is 628 g/mol. The molecule has 0 saturated heterocycles. The van der Waals surface area contributed by atoms with Crippen LogP contribution in [0.5, 0.6) is 0 Å². The topological polar surface area (TPSA) is 197 Å². The maximum absolute atomic E-state index is 11.9. The van der Waals surface area contributed by atoms with E-state index in [1.165, 1.54) is 0 Å². The second-order valence-electron chi connectivity index (χ2n) is 8.62. The van der Waals surface area contributed by atoms with Crippen LogP contribution in [-0.2, 0) is 40.7 Å². The molecule has 6 atom stereocenters. The number of carbonyl (C=O) groups excluding carboxylic acids is 2. The van der Waals surface area contributed by atoms with Crippen LogP contribution in [0.15, 0.2) is 24.3 Å². The fourth-order valence-electron chi connectivity index (χ4n) is 3.33. The van der Waals surface area contributed by atoms with Crippen molar-refractivity contribution in [3.63, 3.8) is 0 Å². The molecule has 40 heavy (non-hydrogen) atoms. The summed E-state index contributed by atoms with van der Waals surface area (Å²) in [5.41, 5.74) is 0. The van der Waals surface area contributed by atoms with Gasteiger partial charge in [-0.3, -0.25) is 18.0 Å². The van der Waals surface area contributed by atoms with Gasteiger partial charge in [-0.1, -0.05) is 63.8 Å². The molecule has 222 valence electrons. The van der Waals surface area contributed by atoms with E-state index >= 15 is 0 Å². The zero-order valence-electron chi connectivity index (χ0n) is 24.1. The van der Waals surface area contributed by atoms with Crippen molar-refractivity contribution in [1.82, 2.24) is 10.6 Å². The fraction of sp³-hybridized carbons (Fsp3) is 0.750.